The van der Waals surface area contributed by atoms with Crippen molar-refractivity contribution in [1.29, 1.82) is 0 Å². The topological polar surface area (TPSA) is 94.2 Å². The van der Waals surface area contributed by atoms with E-state index in [1.165, 1.54) is 39.5 Å². The molecule has 0 aliphatic rings. The van der Waals surface area contributed by atoms with Crippen LogP contribution < -0.4 is 19.5 Å². The molecule has 3 aromatic carbocycles. The molecule has 192 valence electrons. The number of aryl methyl sites for hydroxylation is 1. The third-order valence-corrected chi connectivity index (χ3v) is 7.66. The Bertz CT molecular complexity index is 1320. The molecule has 0 saturated heterocycles. The quantitative estimate of drug-likeness (QED) is 0.389. The summed E-state index contributed by atoms with van der Waals surface area (Å²) in [7, 11) is 0.209. The average Bonchev–Trinajstić information content (AvgIpc) is 2.87. The minimum Gasteiger partial charge on any atom is -0.495 e. The molecule has 8 nitrogen and oxygen atoms in total. The maximum Gasteiger partial charge on any atom is 0.247 e. The van der Waals surface area contributed by atoms with Gasteiger partial charge in [0.25, 0.3) is 0 Å². The second-order valence-electron chi connectivity index (χ2n) is 7.96. The summed E-state index contributed by atoms with van der Waals surface area (Å²) >= 11 is 6.15. The van der Waals surface area contributed by atoms with Gasteiger partial charge in [-0.15, -0.1) is 0 Å². The molecule has 0 fully saturated rings. The zero-order valence-electron chi connectivity index (χ0n) is 20.6. The number of carbonyl (C=O) groups is 1. The molecule has 3 aromatic rings. The maximum absolute atomic E-state index is 13.7. The van der Waals surface area contributed by atoms with Crippen molar-refractivity contribution >= 4 is 33.2 Å². The highest BCUT2D eigenvalue weighted by molar-refractivity contribution is 7.89. The zero-order valence-corrected chi connectivity index (χ0v) is 22.2. The zero-order chi connectivity index (χ0) is 26.3. The number of ether oxygens (including phenoxy) is 3. The van der Waals surface area contributed by atoms with E-state index in [1.807, 2.05) is 30.3 Å². The van der Waals surface area contributed by atoms with E-state index < -0.39 is 22.5 Å². The highest BCUT2D eigenvalue weighted by atomic mass is 35.5. The fourth-order valence-electron chi connectivity index (χ4n) is 3.62. The van der Waals surface area contributed by atoms with Crippen LogP contribution in [0.3, 0.4) is 0 Å². The fourth-order valence-corrected chi connectivity index (χ4v) is 5.48. The largest absolute Gasteiger partial charge is 0.495 e. The van der Waals surface area contributed by atoms with Crippen molar-refractivity contribution in [3.8, 4) is 17.2 Å². The number of halogens is 1. The van der Waals surface area contributed by atoms with E-state index in [0.717, 1.165) is 15.4 Å². The van der Waals surface area contributed by atoms with Crippen molar-refractivity contribution in [3.05, 3.63) is 76.8 Å². The lowest BCUT2D eigenvalue weighted by molar-refractivity contribution is -0.116. The van der Waals surface area contributed by atoms with Crippen molar-refractivity contribution in [2.45, 2.75) is 18.2 Å². The van der Waals surface area contributed by atoms with Crippen LogP contribution in [0.4, 0.5) is 5.69 Å². The number of carbonyl (C=O) groups excluding carboxylic acids is 1. The summed E-state index contributed by atoms with van der Waals surface area (Å²) in [6.45, 7) is 1.44. The molecule has 0 aromatic heterocycles. The molecule has 0 heterocycles. The second kappa shape index (κ2) is 12.1. The molecule has 0 unspecified atom stereocenters. The van der Waals surface area contributed by atoms with Crippen LogP contribution in [0.5, 0.6) is 17.2 Å². The lowest BCUT2D eigenvalue weighted by Crippen LogP contribution is -2.39. The van der Waals surface area contributed by atoms with Gasteiger partial charge in [-0.3, -0.25) is 4.79 Å². The molecule has 1 amide bonds. The SMILES string of the molecule is COc1cc(NC(=O)CN(CCc2ccccc2)S(=O)(=O)c2cc(C)ccc2OC)c(OC)cc1Cl. The molecule has 0 radical (unpaired) electrons. The summed E-state index contributed by atoms with van der Waals surface area (Å²) in [6, 6.07) is 17.4. The van der Waals surface area contributed by atoms with Gasteiger partial charge in [-0.25, -0.2) is 8.42 Å². The smallest absolute Gasteiger partial charge is 0.247 e. The molecule has 0 aliphatic heterocycles. The normalized spacial score (nSPS) is 11.3. The van der Waals surface area contributed by atoms with Crippen LogP contribution in [0.2, 0.25) is 5.02 Å². The van der Waals surface area contributed by atoms with Crippen molar-refractivity contribution in [2.24, 2.45) is 0 Å². The Morgan fingerprint density at radius 3 is 2.22 bits per heavy atom. The molecular formula is C26H29ClN2O6S. The monoisotopic (exact) mass is 532 g/mol. The summed E-state index contributed by atoms with van der Waals surface area (Å²) < 4.78 is 44.5. The Kier molecular flexibility index (Phi) is 9.19. The summed E-state index contributed by atoms with van der Waals surface area (Å²) in [4.78, 5) is 13.1. The number of hydrogen-bond acceptors (Lipinski definition) is 6. The number of sulfonamides is 1. The minimum atomic E-state index is -4.09. The van der Waals surface area contributed by atoms with Crippen molar-refractivity contribution in [2.75, 3.05) is 39.7 Å². The molecule has 0 bridgehead atoms. The van der Waals surface area contributed by atoms with Gasteiger partial charge in [-0.05, 0) is 36.6 Å². The molecule has 1 N–H and O–H groups in total. The molecule has 10 heteroatoms. The van der Waals surface area contributed by atoms with Crippen molar-refractivity contribution in [1.82, 2.24) is 4.31 Å². The first-order valence-electron chi connectivity index (χ1n) is 11.1. The first kappa shape index (κ1) is 27.3. The van der Waals surface area contributed by atoms with Gasteiger partial charge in [0, 0.05) is 18.7 Å². The standard InChI is InChI=1S/C26H29ClN2O6S/c1-18-10-11-22(33-2)25(14-18)36(31,32)29(13-12-19-8-6-5-7-9-19)17-26(30)28-21-16-23(34-3)20(27)15-24(21)35-4/h5-11,14-16H,12-13,17H2,1-4H3,(H,28,30). The second-order valence-corrected chi connectivity index (χ2v) is 10.3. The van der Waals surface area contributed by atoms with Crippen LogP contribution in [0.1, 0.15) is 11.1 Å². The van der Waals surface area contributed by atoms with E-state index >= 15 is 0 Å². The van der Waals surface area contributed by atoms with Crippen LogP contribution in [-0.2, 0) is 21.2 Å². The Labute approximate surface area is 216 Å². The lowest BCUT2D eigenvalue weighted by Gasteiger charge is -2.23. The molecule has 0 aliphatic carbocycles. The summed E-state index contributed by atoms with van der Waals surface area (Å²) in [5.41, 5.74) is 2.00. The van der Waals surface area contributed by atoms with Crippen molar-refractivity contribution < 1.29 is 27.4 Å². The molecule has 0 atom stereocenters. The van der Waals surface area contributed by atoms with Gasteiger partial charge in [0.05, 0.1) is 38.6 Å². The van der Waals surface area contributed by atoms with E-state index in [2.05, 4.69) is 5.32 Å². The van der Waals surface area contributed by atoms with Gasteiger partial charge in [0.1, 0.15) is 22.1 Å². The van der Waals surface area contributed by atoms with Gasteiger partial charge in [-0.1, -0.05) is 48.0 Å². The van der Waals surface area contributed by atoms with Gasteiger partial charge < -0.3 is 19.5 Å². The van der Waals surface area contributed by atoms with Crippen LogP contribution in [0.15, 0.2) is 65.6 Å². The van der Waals surface area contributed by atoms with E-state index in [4.69, 9.17) is 25.8 Å². The van der Waals surface area contributed by atoms with Gasteiger partial charge in [0.15, 0.2) is 0 Å². The number of amides is 1. The van der Waals surface area contributed by atoms with Gasteiger partial charge >= 0.3 is 0 Å². The van der Waals surface area contributed by atoms with Crippen molar-refractivity contribution in [3.63, 3.8) is 0 Å². The van der Waals surface area contributed by atoms with E-state index in [9.17, 15) is 13.2 Å². The molecule has 0 spiro atoms. The third kappa shape index (κ3) is 6.48. The Morgan fingerprint density at radius 1 is 0.917 bits per heavy atom. The van der Waals surface area contributed by atoms with Gasteiger partial charge in [0.2, 0.25) is 15.9 Å². The number of nitrogens with one attached hydrogen (secondary N) is 1. The highest BCUT2D eigenvalue weighted by Gasteiger charge is 2.30. The molecule has 0 saturated carbocycles. The van der Waals surface area contributed by atoms with E-state index in [0.29, 0.717) is 28.6 Å². The molecule has 36 heavy (non-hydrogen) atoms. The maximum atomic E-state index is 13.7. The number of benzene rings is 3. The molecular weight excluding hydrogens is 504 g/mol. The number of nitrogens with zero attached hydrogens (tertiary/aromatic N) is 1. The van der Waals surface area contributed by atoms with E-state index in [1.54, 1.807) is 19.1 Å². The Balaban J connectivity index is 1.93. The summed E-state index contributed by atoms with van der Waals surface area (Å²) in [5, 5.41) is 3.03. The highest BCUT2D eigenvalue weighted by Crippen LogP contribution is 2.36. The van der Waals surface area contributed by atoms with Crippen LogP contribution in [-0.4, -0.2) is 53.0 Å². The van der Waals surface area contributed by atoms with Crippen LogP contribution in [0, 0.1) is 6.92 Å². The summed E-state index contributed by atoms with van der Waals surface area (Å²) in [5.74, 6) is 0.301. The van der Waals surface area contributed by atoms with Crippen LogP contribution in [0.25, 0.3) is 0 Å². The predicted octanol–water partition coefficient (Wildman–Crippen LogP) is 4.55. The number of rotatable bonds is 11. The third-order valence-electron chi connectivity index (χ3n) is 5.50. The minimum absolute atomic E-state index is 0.00314. The van der Waals surface area contributed by atoms with Gasteiger partial charge in [-0.2, -0.15) is 4.31 Å². The van der Waals surface area contributed by atoms with E-state index in [-0.39, 0.29) is 17.2 Å². The first-order valence-corrected chi connectivity index (χ1v) is 12.9. The molecule has 3 rings (SSSR count). The van der Waals surface area contributed by atoms with Crippen LogP contribution >= 0.6 is 11.6 Å². The number of hydrogen-bond donors (Lipinski definition) is 1. The predicted molar refractivity (Wildman–Crippen MR) is 140 cm³/mol. The summed E-state index contributed by atoms with van der Waals surface area (Å²) in [6.07, 6.45) is 0.416. The Hall–Kier alpha value is -3.27. The lowest BCUT2D eigenvalue weighted by atomic mass is 10.1. The number of methoxy groups -OCH3 is 3. The average molecular weight is 533 g/mol. The fraction of sp³-hybridized carbons (Fsp3) is 0.269. The first-order chi connectivity index (χ1) is 17.2. The Morgan fingerprint density at radius 2 is 1.58 bits per heavy atom. The number of anilines is 1.